The van der Waals surface area contributed by atoms with E-state index in [1.807, 2.05) is 61.5 Å². The molecule has 1 aliphatic rings. The van der Waals surface area contributed by atoms with Crippen molar-refractivity contribution >= 4 is 23.4 Å². The Kier molecular flexibility index (Phi) is 6.27. The zero-order valence-corrected chi connectivity index (χ0v) is 15.6. The lowest BCUT2D eigenvalue weighted by molar-refractivity contribution is -0.134. The molecule has 1 aliphatic heterocycles. The third-order valence-corrected chi connectivity index (χ3v) is 4.71. The van der Waals surface area contributed by atoms with Crippen molar-refractivity contribution in [2.45, 2.75) is 38.2 Å². The van der Waals surface area contributed by atoms with Gasteiger partial charge in [-0.1, -0.05) is 37.3 Å². The Morgan fingerprint density at radius 1 is 1.19 bits per heavy atom. The summed E-state index contributed by atoms with van der Waals surface area (Å²) in [4.78, 5) is 13.4. The second-order valence-electron chi connectivity index (χ2n) is 6.49. The van der Waals surface area contributed by atoms with Crippen LogP contribution in [-0.4, -0.2) is 36.6 Å². The second kappa shape index (κ2) is 8.84. The molecule has 0 saturated carbocycles. The standard InChI is InChI=1S/C22H25NO4/c1-3-20-19(24)15-21(27-20)23(17-7-5-4-6-8-17)18-12-9-16(10-13-18)11-14-22(25)26-2/h4-14,19-21,24H,3,15H2,1-2H3/b14-11+/t19?,20-,21-/m1/s1. The number of hydrogen-bond donors (Lipinski definition) is 1. The van der Waals surface area contributed by atoms with E-state index in [-0.39, 0.29) is 18.3 Å². The maximum Gasteiger partial charge on any atom is 0.330 e. The molecule has 0 bridgehead atoms. The van der Waals surface area contributed by atoms with Gasteiger partial charge < -0.3 is 19.5 Å². The molecule has 0 amide bonds. The molecule has 5 nitrogen and oxygen atoms in total. The van der Waals surface area contributed by atoms with Crippen LogP contribution in [0.3, 0.4) is 0 Å². The van der Waals surface area contributed by atoms with Crippen molar-refractivity contribution in [3.05, 3.63) is 66.2 Å². The van der Waals surface area contributed by atoms with Crippen LogP contribution in [0, 0.1) is 0 Å². The number of rotatable bonds is 6. The summed E-state index contributed by atoms with van der Waals surface area (Å²) < 4.78 is 10.7. The minimum Gasteiger partial charge on any atom is -0.466 e. The highest BCUT2D eigenvalue weighted by molar-refractivity contribution is 5.87. The fourth-order valence-electron chi connectivity index (χ4n) is 3.29. The molecule has 0 aromatic heterocycles. The first kappa shape index (κ1) is 19.1. The molecule has 0 spiro atoms. The van der Waals surface area contributed by atoms with Gasteiger partial charge in [0.1, 0.15) is 6.23 Å². The molecule has 1 saturated heterocycles. The Balaban J connectivity index is 1.87. The molecule has 3 atom stereocenters. The van der Waals surface area contributed by atoms with Gasteiger partial charge in [0.2, 0.25) is 0 Å². The predicted octanol–water partition coefficient (Wildman–Crippen LogP) is 3.90. The van der Waals surface area contributed by atoms with E-state index < -0.39 is 6.10 Å². The first-order chi connectivity index (χ1) is 13.1. The largest absolute Gasteiger partial charge is 0.466 e. The van der Waals surface area contributed by atoms with Crippen molar-refractivity contribution in [2.75, 3.05) is 12.0 Å². The van der Waals surface area contributed by atoms with Crippen LogP contribution in [0.15, 0.2) is 60.7 Å². The van der Waals surface area contributed by atoms with Crippen LogP contribution in [0.2, 0.25) is 0 Å². The number of ether oxygens (including phenoxy) is 2. The van der Waals surface area contributed by atoms with E-state index in [1.54, 1.807) is 6.08 Å². The lowest BCUT2D eigenvalue weighted by Gasteiger charge is -2.31. The second-order valence-corrected chi connectivity index (χ2v) is 6.49. The van der Waals surface area contributed by atoms with E-state index in [2.05, 4.69) is 9.64 Å². The van der Waals surface area contributed by atoms with Crippen molar-refractivity contribution in [1.82, 2.24) is 0 Å². The van der Waals surface area contributed by atoms with Crippen LogP contribution < -0.4 is 4.90 Å². The molecule has 2 aromatic rings. The number of hydrogen-bond acceptors (Lipinski definition) is 5. The lowest BCUT2D eigenvalue weighted by atomic mass is 10.1. The van der Waals surface area contributed by atoms with Gasteiger partial charge in [-0.2, -0.15) is 0 Å². The minimum absolute atomic E-state index is 0.150. The third-order valence-electron chi connectivity index (χ3n) is 4.71. The van der Waals surface area contributed by atoms with Crippen LogP contribution in [-0.2, 0) is 14.3 Å². The monoisotopic (exact) mass is 367 g/mol. The summed E-state index contributed by atoms with van der Waals surface area (Å²) in [6.45, 7) is 2.02. The van der Waals surface area contributed by atoms with E-state index in [0.717, 1.165) is 23.4 Å². The SMILES string of the molecule is CC[C@H]1O[C@@H](N(c2ccccc2)c2ccc(/C=C/C(=O)OC)cc2)CC1O. The normalized spacial score (nSPS) is 22.1. The van der Waals surface area contributed by atoms with Gasteiger partial charge in [0, 0.05) is 23.9 Å². The summed E-state index contributed by atoms with van der Waals surface area (Å²) >= 11 is 0. The highest BCUT2D eigenvalue weighted by Gasteiger charge is 2.36. The molecule has 1 heterocycles. The Labute approximate surface area is 159 Å². The summed E-state index contributed by atoms with van der Waals surface area (Å²) in [5.74, 6) is -0.385. The van der Waals surface area contributed by atoms with Crippen molar-refractivity contribution in [1.29, 1.82) is 0 Å². The maximum absolute atomic E-state index is 11.3. The molecule has 2 aromatic carbocycles. The Hall–Kier alpha value is -2.63. The number of carbonyl (C=O) groups excluding carboxylic acids is 1. The van der Waals surface area contributed by atoms with Gasteiger partial charge in [-0.15, -0.1) is 0 Å². The average molecular weight is 367 g/mol. The van der Waals surface area contributed by atoms with Crippen molar-refractivity contribution in [3.63, 3.8) is 0 Å². The number of carbonyl (C=O) groups is 1. The molecule has 0 aliphatic carbocycles. The van der Waals surface area contributed by atoms with Gasteiger partial charge in [0.25, 0.3) is 0 Å². The van der Waals surface area contributed by atoms with Crippen LogP contribution in [0.1, 0.15) is 25.3 Å². The number of para-hydroxylation sites is 1. The van der Waals surface area contributed by atoms with Gasteiger partial charge in [0.05, 0.1) is 19.3 Å². The maximum atomic E-state index is 11.3. The zero-order chi connectivity index (χ0) is 19.2. The van der Waals surface area contributed by atoms with E-state index in [9.17, 15) is 9.90 Å². The number of methoxy groups -OCH3 is 1. The lowest BCUT2D eigenvalue weighted by Crippen LogP contribution is -2.31. The zero-order valence-electron chi connectivity index (χ0n) is 15.6. The van der Waals surface area contributed by atoms with Crippen LogP contribution in [0.5, 0.6) is 0 Å². The molecule has 0 radical (unpaired) electrons. The molecule has 1 unspecified atom stereocenters. The summed E-state index contributed by atoms with van der Waals surface area (Å²) in [6, 6.07) is 17.8. The van der Waals surface area contributed by atoms with E-state index in [1.165, 1.54) is 13.2 Å². The topological polar surface area (TPSA) is 59.0 Å². The number of esters is 1. The highest BCUT2D eigenvalue weighted by atomic mass is 16.5. The first-order valence-electron chi connectivity index (χ1n) is 9.16. The number of anilines is 2. The summed E-state index contributed by atoms with van der Waals surface area (Å²) in [5.41, 5.74) is 2.87. The molecule has 5 heteroatoms. The molecule has 142 valence electrons. The summed E-state index contributed by atoms with van der Waals surface area (Å²) in [6.07, 6.45) is 3.59. The smallest absolute Gasteiger partial charge is 0.330 e. The minimum atomic E-state index is -0.464. The quantitative estimate of drug-likeness (QED) is 0.620. The first-order valence-corrected chi connectivity index (χ1v) is 9.16. The van der Waals surface area contributed by atoms with Gasteiger partial charge in [0.15, 0.2) is 0 Å². The number of benzene rings is 2. The highest BCUT2D eigenvalue weighted by Crippen LogP contribution is 2.35. The Morgan fingerprint density at radius 2 is 1.85 bits per heavy atom. The summed E-state index contributed by atoms with van der Waals surface area (Å²) in [5, 5.41) is 10.3. The fourth-order valence-corrected chi connectivity index (χ4v) is 3.29. The molecule has 27 heavy (non-hydrogen) atoms. The van der Waals surface area contributed by atoms with Gasteiger partial charge in [-0.3, -0.25) is 0 Å². The number of aliphatic hydroxyl groups is 1. The fraction of sp³-hybridized carbons (Fsp3) is 0.318. The van der Waals surface area contributed by atoms with Crippen LogP contribution in [0.25, 0.3) is 6.08 Å². The van der Waals surface area contributed by atoms with Crippen molar-refractivity contribution in [3.8, 4) is 0 Å². The number of aliphatic hydroxyl groups excluding tert-OH is 1. The van der Waals surface area contributed by atoms with Gasteiger partial charge in [-0.25, -0.2) is 4.79 Å². The molecular weight excluding hydrogens is 342 g/mol. The molecule has 1 N–H and O–H groups in total. The van der Waals surface area contributed by atoms with Crippen molar-refractivity contribution in [2.24, 2.45) is 0 Å². The summed E-state index contributed by atoms with van der Waals surface area (Å²) in [7, 11) is 1.35. The van der Waals surface area contributed by atoms with Crippen molar-refractivity contribution < 1.29 is 19.4 Å². The van der Waals surface area contributed by atoms with E-state index in [4.69, 9.17) is 4.74 Å². The number of nitrogens with zero attached hydrogens (tertiary/aromatic N) is 1. The van der Waals surface area contributed by atoms with E-state index in [0.29, 0.717) is 6.42 Å². The Bertz CT molecular complexity index is 773. The van der Waals surface area contributed by atoms with Crippen LogP contribution >= 0.6 is 0 Å². The van der Waals surface area contributed by atoms with E-state index >= 15 is 0 Å². The van der Waals surface area contributed by atoms with Gasteiger partial charge >= 0.3 is 5.97 Å². The average Bonchev–Trinajstić information content (AvgIpc) is 3.08. The Morgan fingerprint density at radius 3 is 2.44 bits per heavy atom. The molecular formula is C22H25NO4. The molecule has 1 fully saturated rings. The van der Waals surface area contributed by atoms with Gasteiger partial charge in [-0.05, 0) is 42.3 Å². The van der Waals surface area contributed by atoms with Crippen LogP contribution in [0.4, 0.5) is 11.4 Å². The molecule has 3 rings (SSSR count). The third kappa shape index (κ3) is 4.56. The predicted molar refractivity (Wildman–Crippen MR) is 106 cm³/mol.